The van der Waals surface area contributed by atoms with Crippen molar-refractivity contribution in [2.45, 2.75) is 26.4 Å². The van der Waals surface area contributed by atoms with Crippen molar-refractivity contribution in [2.24, 2.45) is 0 Å². The van der Waals surface area contributed by atoms with Gasteiger partial charge in [-0.3, -0.25) is 5.10 Å². The maximum atomic E-state index is 13.4. The van der Waals surface area contributed by atoms with Gasteiger partial charge in [-0.15, -0.1) is 0 Å². The van der Waals surface area contributed by atoms with Crippen LogP contribution in [0.3, 0.4) is 0 Å². The normalized spacial score (nSPS) is 12.9. The van der Waals surface area contributed by atoms with Crippen molar-refractivity contribution in [3.63, 3.8) is 0 Å². The van der Waals surface area contributed by atoms with Crippen LogP contribution < -0.4 is 5.32 Å². The van der Waals surface area contributed by atoms with Gasteiger partial charge >= 0.3 is 0 Å². The molecule has 0 fully saturated rings. The number of nitrogens with one attached hydrogen (secondary N) is 2. The Kier molecular flexibility index (Phi) is 5.09. The fourth-order valence-electron chi connectivity index (χ4n) is 2.48. The van der Waals surface area contributed by atoms with Gasteiger partial charge in [0.25, 0.3) is 0 Å². The van der Waals surface area contributed by atoms with Gasteiger partial charge in [0.05, 0.1) is 5.69 Å². The lowest BCUT2D eigenvalue weighted by atomic mass is 10.1. The molecule has 0 aliphatic rings. The highest BCUT2D eigenvalue weighted by atomic mass is 19.1. The molecule has 0 spiro atoms. The highest BCUT2D eigenvalue weighted by molar-refractivity contribution is 5.23. The number of aromatic nitrogens is 2. The Morgan fingerprint density at radius 1 is 1.33 bits per heavy atom. The zero-order valence-corrected chi connectivity index (χ0v) is 13.1. The predicted molar refractivity (Wildman–Crippen MR) is 82.6 cm³/mol. The van der Waals surface area contributed by atoms with Crippen LogP contribution in [-0.2, 0) is 6.54 Å². The molecular weight excluding hydrogens is 267 g/mol. The van der Waals surface area contributed by atoms with Crippen molar-refractivity contribution in [1.29, 1.82) is 0 Å². The molecule has 1 aromatic carbocycles. The summed E-state index contributed by atoms with van der Waals surface area (Å²) in [4.78, 5) is 2.09. The summed E-state index contributed by atoms with van der Waals surface area (Å²) in [5.74, 6) is -0.194. The molecule has 0 unspecified atom stereocenters. The Morgan fingerprint density at radius 2 is 2.10 bits per heavy atom. The van der Waals surface area contributed by atoms with Gasteiger partial charge in [-0.25, -0.2) is 4.39 Å². The predicted octanol–water partition coefficient (Wildman–Crippen LogP) is 2.56. The topological polar surface area (TPSA) is 44.0 Å². The third-order valence-corrected chi connectivity index (χ3v) is 3.78. The monoisotopic (exact) mass is 290 g/mol. The van der Waals surface area contributed by atoms with E-state index in [1.165, 1.54) is 11.6 Å². The first-order valence-corrected chi connectivity index (χ1v) is 7.12. The minimum absolute atomic E-state index is 0.133. The largest absolute Gasteiger partial charge is 0.311 e. The van der Waals surface area contributed by atoms with Crippen molar-refractivity contribution in [3.8, 4) is 0 Å². The summed E-state index contributed by atoms with van der Waals surface area (Å²) in [5.41, 5.74) is 4.29. The average Bonchev–Trinajstić information content (AvgIpc) is 2.74. The molecule has 5 heteroatoms. The van der Waals surface area contributed by atoms with Crippen LogP contribution in [0.5, 0.6) is 0 Å². The Balaban J connectivity index is 2.01. The van der Waals surface area contributed by atoms with Crippen LogP contribution in [-0.4, -0.2) is 35.7 Å². The molecule has 0 amide bonds. The number of H-pyrrole nitrogens is 1. The van der Waals surface area contributed by atoms with E-state index in [0.29, 0.717) is 0 Å². The number of aromatic amines is 1. The second-order valence-corrected chi connectivity index (χ2v) is 5.58. The first kappa shape index (κ1) is 15.7. The lowest BCUT2D eigenvalue weighted by molar-refractivity contribution is 0.287. The second kappa shape index (κ2) is 6.83. The summed E-state index contributed by atoms with van der Waals surface area (Å²) in [6.45, 7) is 5.53. The SMILES string of the molecule is Cc1n[nH]c(C)c1CNC[C@@H](c1cccc(F)c1)N(C)C. The van der Waals surface area contributed by atoms with Gasteiger partial charge in [-0.05, 0) is 45.6 Å². The second-order valence-electron chi connectivity index (χ2n) is 5.58. The highest BCUT2D eigenvalue weighted by Crippen LogP contribution is 2.18. The zero-order chi connectivity index (χ0) is 15.4. The average molecular weight is 290 g/mol. The first-order valence-electron chi connectivity index (χ1n) is 7.12. The molecule has 0 saturated carbocycles. The van der Waals surface area contributed by atoms with Gasteiger partial charge in [-0.1, -0.05) is 12.1 Å². The van der Waals surface area contributed by atoms with E-state index in [1.54, 1.807) is 12.1 Å². The third kappa shape index (κ3) is 3.89. The van der Waals surface area contributed by atoms with Crippen molar-refractivity contribution >= 4 is 0 Å². The molecule has 0 radical (unpaired) electrons. The quantitative estimate of drug-likeness (QED) is 0.859. The molecule has 2 aromatic rings. The van der Waals surface area contributed by atoms with Crippen LogP contribution in [0, 0.1) is 19.7 Å². The minimum Gasteiger partial charge on any atom is -0.311 e. The Morgan fingerprint density at radius 3 is 2.67 bits per heavy atom. The summed E-state index contributed by atoms with van der Waals surface area (Å²) in [6.07, 6.45) is 0. The Hall–Kier alpha value is -1.72. The van der Waals surface area contributed by atoms with Gasteiger partial charge in [0.2, 0.25) is 0 Å². The van der Waals surface area contributed by atoms with Crippen molar-refractivity contribution in [1.82, 2.24) is 20.4 Å². The van der Waals surface area contributed by atoms with E-state index in [0.717, 1.165) is 30.0 Å². The molecule has 1 aromatic heterocycles. The maximum Gasteiger partial charge on any atom is 0.123 e. The summed E-state index contributed by atoms with van der Waals surface area (Å²) in [7, 11) is 4.01. The molecule has 21 heavy (non-hydrogen) atoms. The molecule has 1 atom stereocenters. The third-order valence-electron chi connectivity index (χ3n) is 3.78. The van der Waals surface area contributed by atoms with Crippen molar-refractivity contribution in [3.05, 3.63) is 52.6 Å². The van der Waals surface area contributed by atoms with Crippen molar-refractivity contribution in [2.75, 3.05) is 20.6 Å². The first-order chi connectivity index (χ1) is 9.99. The molecule has 114 valence electrons. The maximum absolute atomic E-state index is 13.4. The molecule has 0 aliphatic carbocycles. The standard InChI is InChI=1S/C16H23FN4/c1-11-15(12(2)20-19-11)9-18-10-16(21(3)4)13-6-5-7-14(17)8-13/h5-8,16,18H,9-10H2,1-4H3,(H,19,20)/t16-/m0/s1. The fourth-order valence-corrected chi connectivity index (χ4v) is 2.48. The van der Waals surface area contributed by atoms with E-state index in [4.69, 9.17) is 0 Å². The smallest absolute Gasteiger partial charge is 0.123 e. The van der Waals surface area contributed by atoms with Crippen LogP contribution in [0.2, 0.25) is 0 Å². The van der Waals surface area contributed by atoms with E-state index in [9.17, 15) is 4.39 Å². The number of halogens is 1. The van der Waals surface area contributed by atoms with Crippen molar-refractivity contribution < 1.29 is 4.39 Å². The molecule has 2 rings (SSSR count). The van der Waals surface area contributed by atoms with Crippen LogP contribution in [0.25, 0.3) is 0 Å². The van der Waals surface area contributed by atoms with Crippen LogP contribution >= 0.6 is 0 Å². The number of hydrogen-bond donors (Lipinski definition) is 2. The Labute approximate surface area is 125 Å². The molecule has 0 bridgehead atoms. The van der Waals surface area contributed by atoms with Crippen LogP contribution in [0.15, 0.2) is 24.3 Å². The number of aryl methyl sites for hydroxylation is 2. The van der Waals surface area contributed by atoms with Crippen LogP contribution in [0.1, 0.15) is 28.6 Å². The number of rotatable bonds is 6. The van der Waals surface area contributed by atoms with E-state index in [2.05, 4.69) is 20.4 Å². The molecule has 1 heterocycles. The summed E-state index contributed by atoms with van der Waals surface area (Å²) < 4.78 is 13.4. The molecule has 0 aliphatic heterocycles. The highest BCUT2D eigenvalue weighted by Gasteiger charge is 2.15. The summed E-state index contributed by atoms with van der Waals surface area (Å²) >= 11 is 0. The molecule has 0 saturated heterocycles. The number of likely N-dealkylation sites (N-methyl/N-ethyl adjacent to an activating group) is 1. The number of hydrogen-bond acceptors (Lipinski definition) is 3. The van der Waals surface area contributed by atoms with Gasteiger partial charge in [0.15, 0.2) is 0 Å². The van der Waals surface area contributed by atoms with E-state index < -0.39 is 0 Å². The lowest BCUT2D eigenvalue weighted by Gasteiger charge is -2.25. The molecule has 2 N–H and O–H groups in total. The van der Waals surface area contributed by atoms with E-state index >= 15 is 0 Å². The van der Waals surface area contributed by atoms with Gasteiger partial charge < -0.3 is 10.2 Å². The minimum atomic E-state index is -0.194. The van der Waals surface area contributed by atoms with E-state index in [-0.39, 0.29) is 11.9 Å². The number of benzene rings is 1. The molecule has 4 nitrogen and oxygen atoms in total. The van der Waals surface area contributed by atoms with Gasteiger partial charge in [0.1, 0.15) is 5.82 Å². The van der Waals surface area contributed by atoms with E-state index in [1.807, 2.05) is 34.0 Å². The van der Waals surface area contributed by atoms with Crippen LogP contribution in [0.4, 0.5) is 4.39 Å². The fraction of sp³-hybridized carbons (Fsp3) is 0.438. The number of nitrogens with zero attached hydrogens (tertiary/aromatic N) is 2. The summed E-state index contributed by atoms with van der Waals surface area (Å²) in [5, 5.41) is 10.6. The van der Waals surface area contributed by atoms with Gasteiger partial charge in [-0.2, -0.15) is 5.10 Å². The lowest BCUT2D eigenvalue weighted by Crippen LogP contribution is -2.31. The molecular formula is C16H23FN4. The zero-order valence-electron chi connectivity index (χ0n) is 13.1. The Bertz CT molecular complexity index is 572. The summed E-state index contributed by atoms with van der Waals surface area (Å²) in [6, 6.07) is 6.92. The van der Waals surface area contributed by atoms with Gasteiger partial charge in [0, 0.05) is 30.4 Å².